The standard InChI is InChI=1S/C31H35ClN2OS/c1-30(2,3)25-15-13-23(14-16-25)28(35)24-10-8-11-26(21-24)33-29(36)34-31(18-6-7-19-31)20-17-22-9-4-5-12-27(22)32/h4-5,8-16,21H,6-7,17-20H2,1-3H3,(H2,33,34,36). The first-order valence-electron chi connectivity index (χ1n) is 12.7. The maximum atomic E-state index is 13.1. The third kappa shape index (κ3) is 6.54. The predicted molar refractivity (Wildman–Crippen MR) is 155 cm³/mol. The van der Waals surface area contributed by atoms with Crippen molar-refractivity contribution in [2.45, 2.75) is 70.3 Å². The van der Waals surface area contributed by atoms with Gasteiger partial charge in [0.25, 0.3) is 0 Å². The summed E-state index contributed by atoms with van der Waals surface area (Å²) in [6.45, 7) is 6.51. The minimum Gasteiger partial charge on any atom is -0.357 e. The summed E-state index contributed by atoms with van der Waals surface area (Å²) in [5, 5.41) is 8.36. The normalized spacial score (nSPS) is 14.9. The van der Waals surface area contributed by atoms with Crippen molar-refractivity contribution in [3.63, 3.8) is 0 Å². The number of halogens is 1. The molecule has 0 saturated heterocycles. The average Bonchev–Trinajstić information content (AvgIpc) is 3.31. The lowest BCUT2D eigenvalue weighted by Gasteiger charge is -2.32. The van der Waals surface area contributed by atoms with Gasteiger partial charge in [-0.3, -0.25) is 4.79 Å². The van der Waals surface area contributed by atoms with E-state index in [1.165, 1.54) is 24.0 Å². The summed E-state index contributed by atoms with van der Waals surface area (Å²) in [7, 11) is 0. The number of hydrogen-bond donors (Lipinski definition) is 2. The number of thiocarbonyl (C=S) groups is 1. The Hall–Kier alpha value is -2.69. The number of rotatable bonds is 7. The van der Waals surface area contributed by atoms with Crippen LogP contribution in [0.5, 0.6) is 0 Å². The van der Waals surface area contributed by atoms with E-state index >= 15 is 0 Å². The Bertz CT molecular complexity index is 1220. The fourth-order valence-electron chi connectivity index (χ4n) is 4.99. The van der Waals surface area contributed by atoms with Crippen molar-refractivity contribution in [1.29, 1.82) is 0 Å². The molecule has 3 aromatic rings. The largest absolute Gasteiger partial charge is 0.357 e. The lowest BCUT2D eigenvalue weighted by molar-refractivity contribution is 0.103. The van der Waals surface area contributed by atoms with Crippen LogP contribution in [0.4, 0.5) is 5.69 Å². The number of aryl methyl sites for hydroxylation is 1. The van der Waals surface area contributed by atoms with E-state index in [-0.39, 0.29) is 16.7 Å². The van der Waals surface area contributed by atoms with E-state index < -0.39 is 0 Å². The number of anilines is 1. The van der Waals surface area contributed by atoms with Crippen LogP contribution < -0.4 is 10.6 Å². The van der Waals surface area contributed by atoms with Gasteiger partial charge < -0.3 is 10.6 Å². The molecule has 1 fully saturated rings. The summed E-state index contributed by atoms with van der Waals surface area (Å²) in [5.74, 6) is 0.00462. The van der Waals surface area contributed by atoms with Gasteiger partial charge in [-0.1, -0.05) is 99.8 Å². The number of benzene rings is 3. The monoisotopic (exact) mass is 518 g/mol. The van der Waals surface area contributed by atoms with Crippen LogP contribution >= 0.6 is 23.8 Å². The molecule has 0 aromatic heterocycles. The molecule has 0 atom stereocenters. The Morgan fingerprint density at radius 2 is 1.64 bits per heavy atom. The van der Waals surface area contributed by atoms with Gasteiger partial charge in [0.1, 0.15) is 0 Å². The fourth-order valence-corrected chi connectivity index (χ4v) is 5.56. The highest BCUT2D eigenvalue weighted by atomic mass is 35.5. The van der Waals surface area contributed by atoms with Crippen molar-refractivity contribution in [3.05, 3.63) is 100 Å². The van der Waals surface area contributed by atoms with Crippen LogP contribution in [0.15, 0.2) is 72.8 Å². The van der Waals surface area contributed by atoms with Crippen LogP contribution in [-0.2, 0) is 11.8 Å². The van der Waals surface area contributed by atoms with Crippen LogP contribution in [-0.4, -0.2) is 16.4 Å². The van der Waals surface area contributed by atoms with Crippen molar-refractivity contribution in [2.24, 2.45) is 0 Å². The molecule has 0 bridgehead atoms. The van der Waals surface area contributed by atoms with E-state index in [0.717, 1.165) is 36.4 Å². The zero-order chi connectivity index (χ0) is 25.8. The number of nitrogens with one attached hydrogen (secondary N) is 2. The second kappa shape index (κ2) is 11.1. The third-order valence-corrected chi connectivity index (χ3v) is 7.74. The molecule has 1 saturated carbocycles. The van der Waals surface area contributed by atoms with E-state index in [2.05, 4.69) is 37.5 Å². The topological polar surface area (TPSA) is 41.1 Å². The molecule has 2 N–H and O–H groups in total. The first-order chi connectivity index (χ1) is 17.2. The lowest BCUT2D eigenvalue weighted by atomic mass is 9.86. The maximum absolute atomic E-state index is 13.1. The SMILES string of the molecule is CC(C)(C)c1ccc(C(=O)c2cccc(NC(=S)NC3(CCc4ccccc4Cl)CCCC3)c2)cc1. The molecule has 188 valence electrons. The molecule has 5 heteroatoms. The van der Waals surface area contributed by atoms with E-state index in [4.69, 9.17) is 23.8 Å². The van der Waals surface area contributed by atoms with Gasteiger partial charge in [0.2, 0.25) is 0 Å². The smallest absolute Gasteiger partial charge is 0.193 e. The molecule has 1 aliphatic rings. The number of carbonyl (C=O) groups excluding carboxylic acids is 1. The molecule has 0 unspecified atom stereocenters. The van der Waals surface area contributed by atoms with Crippen molar-refractivity contribution in [3.8, 4) is 0 Å². The van der Waals surface area contributed by atoms with Gasteiger partial charge in [-0.05, 0) is 72.6 Å². The van der Waals surface area contributed by atoms with Gasteiger partial charge in [0, 0.05) is 27.4 Å². The summed E-state index contributed by atoms with van der Waals surface area (Å²) in [6.07, 6.45) is 6.44. The van der Waals surface area contributed by atoms with Crippen molar-refractivity contribution in [2.75, 3.05) is 5.32 Å². The van der Waals surface area contributed by atoms with E-state index in [1.54, 1.807) is 0 Å². The summed E-state index contributed by atoms with van der Waals surface area (Å²) in [4.78, 5) is 13.1. The Morgan fingerprint density at radius 1 is 0.944 bits per heavy atom. The molecule has 0 aliphatic heterocycles. The molecule has 36 heavy (non-hydrogen) atoms. The Morgan fingerprint density at radius 3 is 2.31 bits per heavy atom. The number of carbonyl (C=O) groups is 1. The molecular weight excluding hydrogens is 484 g/mol. The second-order valence-corrected chi connectivity index (χ2v) is 11.7. The molecule has 0 amide bonds. The molecule has 3 aromatic carbocycles. The van der Waals surface area contributed by atoms with Crippen LogP contribution in [0.3, 0.4) is 0 Å². The van der Waals surface area contributed by atoms with Crippen molar-refractivity contribution in [1.82, 2.24) is 5.32 Å². The van der Waals surface area contributed by atoms with Gasteiger partial charge in [-0.15, -0.1) is 0 Å². The quantitative estimate of drug-likeness (QED) is 0.245. The highest BCUT2D eigenvalue weighted by Crippen LogP contribution is 2.34. The van der Waals surface area contributed by atoms with Gasteiger partial charge in [-0.2, -0.15) is 0 Å². The van der Waals surface area contributed by atoms with E-state index in [1.807, 2.05) is 66.7 Å². The minimum atomic E-state index is -0.0362. The summed E-state index contributed by atoms with van der Waals surface area (Å²) in [6, 6.07) is 23.5. The molecule has 1 aliphatic carbocycles. The number of ketones is 1. The molecule has 0 radical (unpaired) electrons. The van der Waals surface area contributed by atoms with Gasteiger partial charge in [0.15, 0.2) is 10.9 Å². The molecule has 4 rings (SSSR count). The third-order valence-electron chi connectivity index (χ3n) is 7.17. The van der Waals surface area contributed by atoms with Gasteiger partial charge >= 0.3 is 0 Å². The van der Waals surface area contributed by atoms with Gasteiger partial charge in [0.05, 0.1) is 0 Å². The summed E-state index contributed by atoms with van der Waals surface area (Å²) < 4.78 is 0. The molecular formula is C31H35ClN2OS. The highest BCUT2D eigenvalue weighted by molar-refractivity contribution is 7.80. The van der Waals surface area contributed by atoms with Crippen LogP contribution in [0.1, 0.15) is 79.9 Å². The fraction of sp³-hybridized carbons (Fsp3) is 0.355. The van der Waals surface area contributed by atoms with Crippen LogP contribution in [0.25, 0.3) is 0 Å². The molecule has 0 heterocycles. The Balaban J connectivity index is 1.41. The minimum absolute atomic E-state index is 0.00462. The Labute approximate surface area is 225 Å². The Kier molecular flexibility index (Phi) is 8.17. The van der Waals surface area contributed by atoms with Crippen LogP contribution in [0, 0.1) is 0 Å². The van der Waals surface area contributed by atoms with Crippen molar-refractivity contribution < 1.29 is 4.79 Å². The zero-order valence-corrected chi connectivity index (χ0v) is 22.9. The first kappa shape index (κ1) is 26.4. The first-order valence-corrected chi connectivity index (χ1v) is 13.5. The van der Waals surface area contributed by atoms with Crippen molar-refractivity contribution >= 4 is 40.4 Å². The maximum Gasteiger partial charge on any atom is 0.193 e. The average molecular weight is 519 g/mol. The van der Waals surface area contributed by atoms with Gasteiger partial charge in [-0.25, -0.2) is 0 Å². The second-order valence-electron chi connectivity index (χ2n) is 10.9. The molecule has 0 spiro atoms. The highest BCUT2D eigenvalue weighted by Gasteiger charge is 2.34. The summed E-state index contributed by atoms with van der Waals surface area (Å²) in [5.41, 5.74) is 4.54. The zero-order valence-electron chi connectivity index (χ0n) is 21.4. The van der Waals surface area contributed by atoms with E-state index in [9.17, 15) is 4.79 Å². The van der Waals surface area contributed by atoms with E-state index in [0.29, 0.717) is 16.2 Å². The van der Waals surface area contributed by atoms with Crippen LogP contribution in [0.2, 0.25) is 5.02 Å². The lowest BCUT2D eigenvalue weighted by Crippen LogP contribution is -2.48. The summed E-state index contributed by atoms with van der Waals surface area (Å²) >= 11 is 12.1. The number of hydrogen-bond acceptors (Lipinski definition) is 2. The molecule has 3 nitrogen and oxygen atoms in total. The predicted octanol–water partition coefficient (Wildman–Crippen LogP) is 8.10.